The summed E-state index contributed by atoms with van der Waals surface area (Å²) in [6, 6.07) is 0. The van der Waals surface area contributed by atoms with E-state index in [0.717, 1.165) is 0 Å². The van der Waals surface area contributed by atoms with Crippen LogP contribution in [0.3, 0.4) is 0 Å². The Morgan fingerprint density at radius 2 is 0.914 bits per heavy atom. The Hall–Kier alpha value is -0.680. The van der Waals surface area contributed by atoms with E-state index < -0.39 is 111 Å². The maximum absolute atomic E-state index is 10.00. The van der Waals surface area contributed by atoms with Gasteiger partial charge in [-0.1, -0.05) is 0 Å². The van der Waals surface area contributed by atoms with Crippen LogP contribution in [-0.4, -0.2) is 183 Å². The summed E-state index contributed by atoms with van der Waals surface area (Å²) in [5.74, 6) is -2.22. The fourth-order valence-electron chi connectivity index (χ4n) is 3.84. The van der Waals surface area contributed by atoms with Gasteiger partial charge in [0.25, 0.3) is 0 Å². The van der Waals surface area contributed by atoms with Crippen molar-refractivity contribution in [3.8, 4) is 0 Å². The van der Waals surface area contributed by atoms with Crippen molar-refractivity contribution in [2.75, 3.05) is 19.8 Å². The molecule has 2 saturated heterocycles. The molecule has 2 heterocycles. The highest BCUT2D eigenvalue weighted by atomic mass is 16.8. The van der Waals surface area contributed by atoms with Crippen molar-refractivity contribution in [3.63, 3.8) is 0 Å². The van der Waals surface area contributed by atoms with E-state index >= 15 is 0 Å². The van der Waals surface area contributed by atoms with Crippen LogP contribution in [0, 0.1) is 0 Å². The molecule has 0 aromatic rings. The molecule has 0 unspecified atom stereocenters. The molecule has 2 aliphatic heterocycles. The fraction of sp³-hybridized carbons (Fsp3) is 1.00. The minimum Gasteiger partial charge on any atom is -0.394 e. The Morgan fingerprint density at radius 3 is 1.26 bits per heavy atom. The molecule has 1 aliphatic carbocycles. The van der Waals surface area contributed by atoms with E-state index in [0.29, 0.717) is 0 Å². The summed E-state index contributed by atoms with van der Waals surface area (Å²) in [4.78, 5) is 0. The summed E-state index contributed by atoms with van der Waals surface area (Å²) in [7, 11) is 0. The predicted octanol–water partition coefficient (Wildman–Crippen LogP) is -9.23. The second kappa shape index (κ2) is 12.2. The van der Waals surface area contributed by atoms with Gasteiger partial charge in [-0.2, -0.15) is 0 Å². The number of rotatable bonds is 5. The van der Waals surface area contributed by atoms with Crippen LogP contribution in [0.2, 0.25) is 0 Å². The lowest BCUT2D eigenvalue weighted by molar-refractivity contribution is -0.383. The molecule has 35 heavy (non-hydrogen) atoms. The summed E-state index contributed by atoms with van der Waals surface area (Å²) in [5.41, 5.74) is 0. The summed E-state index contributed by atoms with van der Waals surface area (Å²) in [6.45, 7) is -2.32. The summed E-state index contributed by atoms with van der Waals surface area (Å²) >= 11 is 0. The van der Waals surface area contributed by atoms with Crippen LogP contribution in [0.25, 0.3) is 0 Å². The third kappa shape index (κ3) is 5.92. The van der Waals surface area contributed by atoms with Gasteiger partial charge in [0.05, 0.1) is 13.2 Å². The highest BCUT2D eigenvalue weighted by Crippen LogP contribution is 2.35. The first-order valence-corrected chi connectivity index (χ1v) is 10.6. The lowest BCUT2D eigenvalue weighted by Crippen LogP contribution is -2.63. The highest BCUT2D eigenvalue weighted by molar-refractivity contribution is 4.99. The average molecular weight is 522 g/mol. The van der Waals surface area contributed by atoms with Crippen LogP contribution in [0.15, 0.2) is 0 Å². The molecule has 3 rings (SSSR count). The zero-order valence-corrected chi connectivity index (χ0v) is 18.2. The van der Waals surface area contributed by atoms with E-state index in [9.17, 15) is 30.6 Å². The molecule has 0 spiro atoms. The number of hydrogen-bond donors (Lipinski definition) is 14. The summed E-state index contributed by atoms with van der Waals surface area (Å²) in [5, 5.41) is 131. The van der Waals surface area contributed by atoms with E-state index in [4.69, 9.17) is 55.1 Å². The molecule has 14 N–H and O–H groups in total. The zero-order chi connectivity index (χ0) is 26.8. The van der Waals surface area contributed by atoms with Gasteiger partial charge in [0, 0.05) is 0 Å². The third-order valence-electron chi connectivity index (χ3n) is 6.17. The lowest BCUT2D eigenvalue weighted by Gasteiger charge is -2.43. The Labute approximate surface area is 197 Å². The van der Waals surface area contributed by atoms with Gasteiger partial charge in [0.1, 0.15) is 86.0 Å². The molecule has 0 aromatic carbocycles. The van der Waals surface area contributed by atoms with Crippen LogP contribution in [0.4, 0.5) is 0 Å². The van der Waals surface area contributed by atoms with Crippen molar-refractivity contribution >= 4 is 0 Å². The van der Waals surface area contributed by atoms with Crippen LogP contribution in [-0.2, 0) is 14.2 Å². The van der Waals surface area contributed by atoms with Gasteiger partial charge >= 0.3 is 0 Å². The van der Waals surface area contributed by atoms with Gasteiger partial charge in [-0.15, -0.1) is 0 Å². The lowest BCUT2D eigenvalue weighted by atomic mass is 9.85. The smallest absolute Gasteiger partial charge is 0.224 e. The quantitative estimate of drug-likeness (QED) is 0.159. The first-order valence-electron chi connectivity index (χ1n) is 10.6. The molecule has 208 valence electrons. The van der Waals surface area contributed by atoms with E-state index in [1.165, 1.54) is 0 Å². The minimum atomic E-state index is -2.22. The Balaban J connectivity index is 0.000000303. The second-order valence-electron chi connectivity index (χ2n) is 8.50. The Bertz CT molecular complexity index is 596. The van der Waals surface area contributed by atoms with E-state index in [1.807, 2.05) is 0 Å². The molecule has 0 aromatic heterocycles. The fourth-order valence-corrected chi connectivity index (χ4v) is 3.84. The normalized spacial score (nSPS) is 52.6. The van der Waals surface area contributed by atoms with E-state index in [1.54, 1.807) is 0 Å². The third-order valence-corrected chi connectivity index (χ3v) is 6.17. The minimum absolute atomic E-state index is 0.669. The van der Waals surface area contributed by atoms with Crippen LogP contribution >= 0.6 is 0 Å². The summed E-state index contributed by atoms with van der Waals surface area (Å²) in [6.07, 6.45) is -22.5. The molecule has 17 heteroatoms. The molecule has 0 bridgehead atoms. The largest absolute Gasteiger partial charge is 0.394 e. The molecule has 3 fully saturated rings. The topological polar surface area (TPSA) is 311 Å². The zero-order valence-electron chi connectivity index (χ0n) is 18.2. The van der Waals surface area contributed by atoms with Crippen LogP contribution < -0.4 is 0 Å². The Morgan fingerprint density at radius 1 is 0.514 bits per heavy atom. The van der Waals surface area contributed by atoms with Crippen LogP contribution in [0.1, 0.15) is 0 Å². The first kappa shape index (κ1) is 30.5. The number of aliphatic hydroxyl groups excluding tert-OH is 14. The monoisotopic (exact) mass is 522 g/mol. The van der Waals surface area contributed by atoms with Crippen LogP contribution in [0.5, 0.6) is 0 Å². The molecule has 0 amide bonds. The van der Waals surface area contributed by atoms with E-state index in [2.05, 4.69) is 0 Å². The van der Waals surface area contributed by atoms with Gasteiger partial charge in [-0.25, -0.2) is 0 Å². The Kier molecular flexibility index (Phi) is 10.7. The highest BCUT2D eigenvalue weighted by Gasteiger charge is 2.58. The van der Waals surface area contributed by atoms with Gasteiger partial charge < -0.3 is 85.7 Å². The van der Waals surface area contributed by atoms with Crippen molar-refractivity contribution < 1.29 is 85.7 Å². The van der Waals surface area contributed by atoms with Crippen molar-refractivity contribution in [1.29, 1.82) is 0 Å². The van der Waals surface area contributed by atoms with Crippen molar-refractivity contribution in [3.05, 3.63) is 0 Å². The molecular formula is C18H34O17. The SMILES string of the molecule is OC1C(O)C(O)C(O)C(O)C1O.OC[C@H]1O[C@@](CO)(O[C@H]2O[C@H](CO)[C@@H](O)[C@H](O)[C@H]2O)[C@@H](O)[C@@H]1O. The van der Waals surface area contributed by atoms with Gasteiger partial charge in [0.15, 0.2) is 6.29 Å². The second-order valence-corrected chi connectivity index (χ2v) is 8.50. The maximum Gasteiger partial charge on any atom is 0.224 e. The number of hydrogen-bond acceptors (Lipinski definition) is 17. The van der Waals surface area contributed by atoms with Gasteiger partial charge in [-0.3, -0.25) is 0 Å². The molecule has 0 radical (unpaired) electrons. The number of ether oxygens (including phenoxy) is 3. The standard InChI is InChI=1S/C12H22O11.C6H12O6/c13-1-4-6(16)8(18)9(19)11(21-4)23-12(3-15)10(20)7(17)5(2-14)22-12;7-1-2(8)4(10)6(12)5(11)3(1)9/h4-11,13-20H,1-3H2;1-12H/t4-,5-,6-,7-,8+,9-,10+,11-,12+;/m1./s1. The van der Waals surface area contributed by atoms with Crippen molar-refractivity contribution in [2.45, 2.75) is 91.4 Å². The summed E-state index contributed by atoms with van der Waals surface area (Å²) < 4.78 is 15.4. The molecule has 9 atom stereocenters. The van der Waals surface area contributed by atoms with Crippen molar-refractivity contribution in [1.82, 2.24) is 0 Å². The predicted molar refractivity (Wildman–Crippen MR) is 105 cm³/mol. The average Bonchev–Trinajstić information content (AvgIpc) is 3.10. The first-order chi connectivity index (χ1) is 16.3. The molecule has 17 nitrogen and oxygen atoms in total. The maximum atomic E-state index is 10.00. The van der Waals surface area contributed by atoms with E-state index in [-0.39, 0.29) is 0 Å². The molecule has 3 aliphatic rings. The van der Waals surface area contributed by atoms with Gasteiger partial charge in [0.2, 0.25) is 5.79 Å². The molecule has 1 saturated carbocycles. The molecular weight excluding hydrogens is 488 g/mol. The van der Waals surface area contributed by atoms with Gasteiger partial charge in [-0.05, 0) is 0 Å². The number of aliphatic hydroxyl groups is 14. The van der Waals surface area contributed by atoms with Crippen molar-refractivity contribution in [2.24, 2.45) is 0 Å².